The molecule has 1 amide bonds. The molecule has 1 saturated heterocycles. The molecule has 5 nitrogen and oxygen atoms in total. The Kier molecular flexibility index (Phi) is 6.30. The second-order valence-corrected chi connectivity index (χ2v) is 7.82. The lowest BCUT2D eigenvalue weighted by Crippen LogP contribution is -2.39. The minimum Gasteiger partial charge on any atom is -0.496 e. The second kappa shape index (κ2) is 9.29. The number of carbonyl (C=O) groups excluding carboxylic acids is 1. The lowest BCUT2D eigenvalue weighted by Gasteiger charge is -2.33. The monoisotopic (exact) mass is 425 g/mol. The SMILES string of the molecule is COc1ccccc1CCC(=O)N1CCC[C@H](c2[nH]ncc2-c2ccc(F)c(F)c2)C1. The molecule has 162 valence electrons. The molecule has 0 spiro atoms. The smallest absolute Gasteiger partial charge is 0.222 e. The number of carbonyl (C=O) groups is 1. The van der Waals surface area contributed by atoms with E-state index in [1.165, 1.54) is 6.07 Å². The standard InChI is InChI=1S/C24H25F2N3O2/c1-31-22-7-3-2-5-16(22)9-11-23(30)29-12-4-6-18(15-29)24-19(14-27-28-24)17-8-10-20(25)21(26)13-17/h2-3,5,7-8,10,13-14,18H,4,6,9,11-12,15H2,1H3,(H,27,28)/t18-/m0/s1. The Morgan fingerprint density at radius 2 is 2.06 bits per heavy atom. The Morgan fingerprint density at radius 3 is 2.87 bits per heavy atom. The van der Waals surface area contributed by atoms with E-state index in [2.05, 4.69) is 10.2 Å². The first kappa shape index (κ1) is 21.0. The number of nitrogens with zero attached hydrogens (tertiary/aromatic N) is 2. The van der Waals surface area contributed by atoms with Crippen molar-refractivity contribution in [3.05, 3.63) is 71.6 Å². The van der Waals surface area contributed by atoms with Gasteiger partial charge in [0.15, 0.2) is 11.6 Å². The number of rotatable bonds is 6. The van der Waals surface area contributed by atoms with Gasteiger partial charge in [0.05, 0.1) is 13.3 Å². The molecule has 1 aromatic heterocycles. The third-order valence-electron chi connectivity index (χ3n) is 5.88. The van der Waals surface area contributed by atoms with E-state index < -0.39 is 11.6 Å². The fourth-order valence-electron chi connectivity index (χ4n) is 4.25. The van der Waals surface area contributed by atoms with E-state index in [1.807, 2.05) is 29.2 Å². The van der Waals surface area contributed by atoms with Gasteiger partial charge in [-0.1, -0.05) is 24.3 Å². The minimum atomic E-state index is -0.888. The summed E-state index contributed by atoms with van der Waals surface area (Å²) in [5, 5.41) is 7.15. The molecule has 7 heteroatoms. The van der Waals surface area contributed by atoms with Crippen molar-refractivity contribution >= 4 is 5.91 Å². The van der Waals surface area contributed by atoms with Crippen LogP contribution < -0.4 is 4.74 Å². The summed E-state index contributed by atoms with van der Waals surface area (Å²) in [6.45, 7) is 1.29. The number of piperidine rings is 1. The molecule has 0 radical (unpaired) electrons. The third kappa shape index (κ3) is 4.60. The molecule has 1 aliphatic heterocycles. The van der Waals surface area contributed by atoms with Crippen LogP contribution in [0.3, 0.4) is 0 Å². The number of nitrogens with one attached hydrogen (secondary N) is 1. The fraction of sp³-hybridized carbons (Fsp3) is 0.333. The molecule has 2 heterocycles. The summed E-state index contributed by atoms with van der Waals surface area (Å²) < 4.78 is 32.4. The molecule has 1 N–H and O–H groups in total. The zero-order valence-electron chi connectivity index (χ0n) is 17.4. The van der Waals surface area contributed by atoms with Gasteiger partial charge in [0, 0.05) is 36.7 Å². The molecule has 2 aromatic carbocycles. The highest BCUT2D eigenvalue weighted by Gasteiger charge is 2.28. The van der Waals surface area contributed by atoms with Gasteiger partial charge in [-0.2, -0.15) is 5.10 Å². The summed E-state index contributed by atoms with van der Waals surface area (Å²) in [6.07, 6.45) is 4.43. The van der Waals surface area contributed by atoms with E-state index in [0.29, 0.717) is 24.9 Å². The highest BCUT2D eigenvalue weighted by Crippen LogP contribution is 2.34. The number of ether oxygens (including phenoxy) is 1. The molecule has 0 unspecified atom stereocenters. The average Bonchev–Trinajstić information content (AvgIpc) is 3.29. The Labute approximate surface area is 180 Å². The fourth-order valence-corrected chi connectivity index (χ4v) is 4.25. The molecule has 1 atom stereocenters. The van der Waals surface area contributed by atoms with E-state index in [0.717, 1.165) is 48.0 Å². The van der Waals surface area contributed by atoms with Crippen LogP contribution in [0.15, 0.2) is 48.7 Å². The van der Waals surface area contributed by atoms with Crippen LogP contribution in [0.5, 0.6) is 5.75 Å². The number of hydrogen-bond donors (Lipinski definition) is 1. The quantitative estimate of drug-likeness (QED) is 0.623. The molecular formula is C24H25F2N3O2. The van der Waals surface area contributed by atoms with Gasteiger partial charge in [0.2, 0.25) is 5.91 Å². The van der Waals surface area contributed by atoms with Crippen molar-refractivity contribution in [3.8, 4) is 16.9 Å². The van der Waals surface area contributed by atoms with Crippen LogP contribution in [0, 0.1) is 11.6 Å². The number of amides is 1. The number of aromatic amines is 1. The molecular weight excluding hydrogens is 400 g/mol. The van der Waals surface area contributed by atoms with E-state index in [-0.39, 0.29) is 11.8 Å². The summed E-state index contributed by atoms with van der Waals surface area (Å²) in [6, 6.07) is 11.6. The van der Waals surface area contributed by atoms with Crippen LogP contribution in [0.25, 0.3) is 11.1 Å². The minimum absolute atomic E-state index is 0.0644. The summed E-state index contributed by atoms with van der Waals surface area (Å²) in [4.78, 5) is 14.8. The molecule has 3 aromatic rings. The Morgan fingerprint density at radius 1 is 1.23 bits per heavy atom. The Bertz CT molecular complexity index is 1070. The maximum atomic E-state index is 13.7. The molecule has 1 fully saturated rings. The first-order valence-corrected chi connectivity index (χ1v) is 10.4. The number of benzene rings is 2. The van der Waals surface area contributed by atoms with Crippen molar-refractivity contribution in [2.24, 2.45) is 0 Å². The van der Waals surface area contributed by atoms with E-state index in [9.17, 15) is 13.6 Å². The number of hydrogen-bond acceptors (Lipinski definition) is 3. The summed E-state index contributed by atoms with van der Waals surface area (Å²) in [5.74, 6) is -0.806. The lowest BCUT2D eigenvalue weighted by atomic mass is 9.90. The first-order chi connectivity index (χ1) is 15.1. The zero-order valence-corrected chi connectivity index (χ0v) is 17.4. The number of para-hydroxylation sites is 1. The van der Waals surface area contributed by atoms with Crippen molar-refractivity contribution in [2.45, 2.75) is 31.6 Å². The molecule has 4 rings (SSSR count). The molecule has 0 aliphatic carbocycles. The maximum Gasteiger partial charge on any atom is 0.222 e. The summed E-state index contributed by atoms with van der Waals surface area (Å²) in [5.41, 5.74) is 3.18. The normalized spacial score (nSPS) is 16.4. The number of methoxy groups -OCH3 is 1. The van der Waals surface area contributed by atoms with Gasteiger partial charge in [0.1, 0.15) is 5.75 Å². The van der Waals surface area contributed by atoms with Crippen molar-refractivity contribution < 1.29 is 18.3 Å². The number of halogens is 2. The average molecular weight is 425 g/mol. The lowest BCUT2D eigenvalue weighted by molar-refractivity contribution is -0.132. The molecule has 0 saturated carbocycles. The van der Waals surface area contributed by atoms with Crippen molar-refractivity contribution in [1.82, 2.24) is 15.1 Å². The molecule has 31 heavy (non-hydrogen) atoms. The number of aromatic nitrogens is 2. The summed E-state index contributed by atoms with van der Waals surface area (Å²) >= 11 is 0. The van der Waals surface area contributed by atoms with Crippen LogP contribution >= 0.6 is 0 Å². The van der Waals surface area contributed by atoms with Gasteiger partial charge in [-0.3, -0.25) is 9.89 Å². The predicted molar refractivity (Wildman–Crippen MR) is 114 cm³/mol. The second-order valence-electron chi connectivity index (χ2n) is 7.82. The number of aryl methyl sites for hydroxylation is 1. The highest BCUT2D eigenvalue weighted by atomic mass is 19.2. The van der Waals surface area contributed by atoms with Crippen LogP contribution in [0.4, 0.5) is 8.78 Å². The van der Waals surface area contributed by atoms with Gasteiger partial charge in [0.25, 0.3) is 0 Å². The van der Waals surface area contributed by atoms with E-state index in [4.69, 9.17) is 4.74 Å². The topological polar surface area (TPSA) is 58.2 Å². The van der Waals surface area contributed by atoms with Crippen LogP contribution in [0.2, 0.25) is 0 Å². The predicted octanol–water partition coefficient (Wildman–Crippen LogP) is 4.70. The van der Waals surface area contributed by atoms with Crippen LogP contribution in [-0.4, -0.2) is 41.2 Å². The first-order valence-electron chi connectivity index (χ1n) is 10.4. The van der Waals surface area contributed by atoms with Gasteiger partial charge in [-0.05, 0) is 48.6 Å². The largest absolute Gasteiger partial charge is 0.496 e. The van der Waals surface area contributed by atoms with E-state index in [1.54, 1.807) is 19.4 Å². The Balaban J connectivity index is 1.45. The number of likely N-dealkylation sites (tertiary alicyclic amines) is 1. The van der Waals surface area contributed by atoms with Gasteiger partial charge in [-0.15, -0.1) is 0 Å². The van der Waals surface area contributed by atoms with Crippen molar-refractivity contribution in [3.63, 3.8) is 0 Å². The van der Waals surface area contributed by atoms with Crippen LogP contribution in [-0.2, 0) is 11.2 Å². The van der Waals surface area contributed by atoms with Gasteiger partial charge in [-0.25, -0.2) is 8.78 Å². The Hall–Kier alpha value is -3.22. The van der Waals surface area contributed by atoms with Gasteiger partial charge >= 0.3 is 0 Å². The highest BCUT2D eigenvalue weighted by molar-refractivity contribution is 5.77. The summed E-state index contributed by atoms with van der Waals surface area (Å²) in [7, 11) is 1.63. The third-order valence-corrected chi connectivity index (χ3v) is 5.88. The van der Waals surface area contributed by atoms with Crippen LogP contribution in [0.1, 0.15) is 36.4 Å². The molecule has 0 bridgehead atoms. The van der Waals surface area contributed by atoms with Crippen molar-refractivity contribution in [2.75, 3.05) is 20.2 Å². The maximum absolute atomic E-state index is 13.7. The van der Waals surface area contributed by atoms with E-state index >= 15 is 0 Å². The molecule has 1 aliphatic rings. The number of H-pyrrole nitrogens is 1. The van der Waals surface area contributed by atoms with Gasteiger partial charge < -0.3 is 9.64 Å². The zero-order chi connectivity index (χ0) is 21.8. The van der Waals surface area contributed by atoms with Crippen molar-refractivity contribution in [1.29, 1.82) is 0 Å².